The lowest BCUT2D eigenvalue weighted by Gasteiger charge is -2.34. The molecule has 2 N–H and O–H groups in total. The SMILES string of the molecule is CNCC(=O)NC1CCCN(c2ccccc2)C1. The number of rotatable bonds is 4. The fraction of sp³-hybridized carbons (Fsp3) is 0.500. The Labute approximate surface area is 108 Å². The van der Waals surface area contributed by atoms with Crippen LogP contribution in [0.15, 0.2) is 30.3 Å². The van der Waals surface area contributed by atoms with Gasteiger partial charge >= 0.3 is 0 Å². The van der Waals surface area contributed by atoms with Gasteiger partial charge in [-0.2, -0.15) is 0 Å². The van der Waals surface area contributed by atoms with E-state index in [1.165, 1.54) is 5.69 Å². The number of hydrogen-bond donors (Lipinski definition) is 2. The maximum Gasteiger partial charge on any atom is 0.234 e. The molecule has 4 nitrogen and oxygen atoms in total. The second kappa shape index (κ2) is 6.40. The molecular weight excluding hydrogens is 226 g/mol. The molecule has 1 atom stereocenters. The second-order valence-corrected chi connectivity index (χ2v) is 4.72. The first-order valence-electron chi connectivity index (χ1n) is 6.53. The third-order valence-corrected chi connectivity index (χ3v) is 3.25. The van der Waals surface area contributed by atoms with Crippen LogP contribution in [0.1, 0.15) is 12.8 Å². The summed E-state index contributed by atoms with van der Waals surface area (Å²) >= 11 is 0. The molecule has 1 amide bonds. The number of amides is 1. The van der Waals surface area contributed by atoms with Crippen molar-refractivity contribution >= 4 is 11.6 Å². The molecule has 1 fully saturated rings. The first-order valence-corrected chi connectivity index (χ1v) is 6.53. The van der Waals surface area contributed by atoms with E-state index >= 15 is 0 Å². The molecule has 1 heterocycles. The lowest BCUT2D eigenvalue weighted by molar-refractivity contribution is -0.120. The lowest BCUT2D eigenvalue weighted by atomic mass is 10.0. The third-order valence-electron chi connectivity index (χ3n) is 3.25. The highest BCUT2D eigenvalue weighted by Gasteiger charge is 2.21. The van der Waals surface area contributed by atoms with E-state index < -0.39 is 0 Å². The molecule has 0 aromatic heterocycles. The number of benzene rings is 1. The van der Waals surface area contributed by atoms with Gasteiger partial charge in [0.2, 0.25) is 5.91 Å². The Balaban J connectivity index is 1.91. The highest BCUT2D eigenvalue weighted by molar-refractivity contribution is 5.78. The molecule has 1 aliphatic heterocycles. The van der Waals surface area contributed by atoms with Crippen molar-refractivity contribution in [3.63, 3.8) is 0 Å². The zero-order valence-electron chi connectivity index (χ0n) is 10.9. The highest BCUT2D eigenvalue weighted by Crippen LogP contribution is 2.19. The van der Waals surface area contributed by atoms with Gasteiger partial charge in [0.15, 0.2) is 0 Å². The summed E-state index contributed by atoms with van der Waals surface area (Å²) in [4.78, 5) is 13.9. The van der Waals surface area contributed by atoms with Crippen LogP contribution in [0, 0.1) is 0 Å². The van der Waals surface area contributed by atoms with Crippen LogP contribution in [-0.2, 0) is 4.79 Å². The molecule has 0 bridgehead atoms. The molecular formula is C14H21N3O. The molecule has 1 aromatic carbocycles. The van der Waals surface area contributed by atoms with Crippen LogP contribution in [0.4, 0.5) is 5.69 Å². The van der Waals surface area contributed by atoms with E-state index in [0.717, 1.165) is 25.9 Å². The number of carbonyl (C=O) groups is 1. The van der Waals surface area contributed by atoms with E-state index in [1.54, 1.807) is 7.05 Å². The number of nitrogens with one attached hydrogen (secondary N) is 2. The Bertz CT molecular complexity index is 380. The number of carbonyl (C=O) groups excluding carboxylic acids is 1. The third kappa shape index (κ3) is 3.47. The summed E-state index contributed by atoms with van der Waals surface area (Å²) in [5, 5.41) is 5.95. The molecule has 1 saturated heterocycles. The quantitative estimate of drug-likeness (QED) is 0.834. The van der Waals surface area contributed by atoms with Crippen molar-refractivity contribution in [1.29, 1.82) is 0 Å². The fourth-order valence-electron chi connectivity index (χ4n) is 2.41. The minimum atomic E-state index is 0.0809. The normalized spacial score (nSPS) is 19.6. The summed E-state index contributed by atoms with van der Waals surface area (Å²) in [6, 6.07) is 10.6. The lowest BCUT2D eigenvalue weighted by Crippen LogP contribution is -2.49. The summed E-state index contributed by atoms with van der Waals surface area (Å²) in [5.41, 5.74) is 1.24. The number of nitrogens with zero attached hydrogens (tertiary/aromatic N) is 1. The van der Waals surface area contributed by atoms with Gasteiger partial charge in [-0.05, 0) is 32.0 Å². The van der Waals surface area contributed by atoms with Crippen molar-refractivity contribution in [3.8, 4) is 0 Å². The topological polar surface area (TPSA) is 44.4 Å². The van der Waals surface area contributed by atoms with Crippen LogP contribution in [0.2, 0.25) is 0 Å². The van der Waals surface area contributed by atoms with Crippen LogP contribution in [0.3, 0.4) is 0 Å². The standard InChI is InChI=1S/C14H21N3O/c1-15-10-14(18)16-12-6-5-9-17(11-12)13-7-3-2-4-8-13/h2-4,7-8,12,15H,5-6,9-11H2,1H3,(H,16,18). The van der Waals surface area contributed by atoms with Crippen LogP contribution in [0.25, 0.3) is 0 Å². The summed E-state index contributed by atoms with van der Waals surface area (Å²) in [7, 11) is 1.79. The number of para-hydroxylation sites is 1. The number of piperidine rings is 1. The Morgan fingerprint density at radius 1 is 1.39 bits per heavy atom. The minimum Gasteiger partial charge on any atom is -0.369 e. The van der Waals surface area contributed by atoms with Crippen molar-refractivity contribution in [3.05, 3.63) is 30.3 Å². The fourth-order valence-corrected chi connectivity index (χ4v) is 2.41. The molecule has 0 spiro atoms. The Hall–Kier alpha value is -1.55. The monoisotopic (exact) mass is 247 g/mol. The van der Waals surface area contributed by atoms with Gasteiger partial charge in [-0.3, -0.25) is 4.79 Å². The van der Waals surface area contributed by atoms with E-state index in [2.05, 4.69) is 39.8 Å². The number of anilines is 1. The molecule has 0 saturated carbocycles. The van der Waals surface area contributed by atoms with Crippen molar-refractivity contribution < 1.29 is 4.79 Å². The molecule has 18 heavy (non-hydrogen) atoms. The zero-order valence-corrected chi connectivity index (χ0v) is 10.9. The smallest absolute Gasteiger partial charge is 0.234 e. The Kier molecular flexibility index (Phi) is 4.59. The molecule has 0 aliphatic carbocycles. The summed E-state index contributed by atoms with van der Waals surface area (Å²) in [5.74, 6) is 0.0809. The van der Waals surface area contributed by atoms with Crippen molar-refractivity contribution in [2.45, 2.75) is 18.9 Å². The second-order valence-electron chi connectivity index (χ2n) is 4.72. The van der Waals surface area contributed by atoms with Gasteiger partial charge in [0.05, 0.1) is 6.54 Å². The van der Waals surface area contributed by atoms with Gasteiger partial charge in [-0.1, -0.05) is 18.2 Å². The van der Waals surface area contributed by atoms with Gasteiger partial charge < -0.3 is 15.5 Å². The van der Waals surface area contributed by atoms with Crippen LogP contribution < -0.4 is 15.5 Å². The number of likely N-dealkylation sites (N-methyl/N-ethyl adjacent to an activating group) is 1. The molecule has 2 rings (SSSR count). The number of hydrogen-bond acceptors (Lipinski definition) is 3. The van der Waals surface area contributed by atoms with Gasteiger partial charge in [-0.25, -0.2) is 0 Å². The average Bonchev–Trinajstić information content (AvgIpc) is 2.40. The van der Waals surface area contributed by atoms with Gasteiger partial charge in [0.25, 0.3) is 0 Å². The van der Waals surface area contributed by atoms with Crippen molar-refractivity contribution in [2.75, 3.05) is 31.6 Å². The van der Waals surface area contributed by atoms with E-state index in [-0.39, 0.29) is 11.9 Å². The highest BCUT2D eigenvalue weighted by atomic mass is 16.1. The molecule has 1 unspecified atom stereocenters. The van der Waals surface area contributed by atoms with Crippen molar-refractivity contribution in [1.82, 2.24) is 10.6 Å². The average molecular weight is 247 g/mol. The molecule has 1 aliphatic rings. The van der Waals surface area contributed by atoms with Crippen LogP contribution in [-0.4, -0.2) is 38.6 Å². The first kappa shape index (κ1) is 12.9. The molecule has 0 radical (unpaired) electrons. The molecule has 1 aromatic rings. The summed E-state index contributed by atoms with van der Waals surface area (Å²) in [6.07, 6.45) is 2.19. The molecule has 98 valence electrons. The first-order chi connectivity index (χ1) is 8.79. The van der Waals surface area contributed by atoms with E-state index in [4.69, 9.17) is 0 Å². The van der Waals surface area contributed by atoms with E-state index in [9.17, 15) is 4.79 Å². The largest absolute Gasteiger partial charge is 0.369 e. The summed E-state index contributed by atoms with van der Waals surface area (Å²) < 4.78 is 0. The van der Waals surface area contributed by atoms with E-state index in [1.807, 2.05) is 6.07 Å². The minimum absolute atomic E-state index is 0.0809. The van der Waals surface area contributed by atoms with Crippen LogP contribution in [0.5, 0.6) is 0 Å². The van der Waals surface area contributed by atoms with Crippen molar-refractivity contribution in [2.24, 2.45) is 0 Å². The maximum absolute atomic E-state index is 11.6. The Morgan fingerprint density at radius 3 is 2.89 bits per heavy atom. The van der Waals surface area contributed by atoms with Crippen LogP contribution >= 0.6 is 0 Å². The Morgan fingerprint density at radius 2 is 2.17 bits per heavy atom. The van der Waals surface area contributed by atoms with E-state index in [0.29, 0.717) is 6.54 Å². The molecule has 4 heteroatoms. The summed E-state index contributed by atoms with van der Waals surface area (Å²) in [6.45, 7) is 2.36. The predicted octanol–water partition coefficient (Wildman–Crippen LogP) is 0.991. The van der Waals surface area contributed by atoms with Gasteiger partial charge in [0.1, 0.15) is 0 Å². The predicted molar refractivity (Wildman–Crippen MR) is 73.7 cm³/mol. The van der Waals surface area contributed by atoms with Gasteiger partial charge in [0, 0.05) is 24.8 Å². The maximum atomic E-state index is 11.6. The van der Waals surface area contributed by atoms with Gasteiger partial charge in [-0.15, -0.1) is 0 Å². The zero-order chi connectivity index (χ0) is 12.8.